The molecule has 2 nitrogen and oxygen atoms in total. The fourth-order valence-corrected chi connectivity index (χ4v) is 4.75. The first-order valence-electron chi connectivity index (χ1n) is 8.26. The maximum Gasteiger partial charge on any atom is 0.0284 e. The van der Waals surface area contributed by atoms with Gasteiger partial charge in [0.2, 0.25) is 0 Å². The van der Waals surface area contributed by atoms with Crippen molar-refractivity contribution in [1.29, 1.82) is 0 Å². The monoisotopic (exact) mass is 284 g/mol. The van der Waals surface area contributed by atoms with E-state index in [-0.39, 0.29) is 0 Å². The molecular formula is C16H32N2S. The van der Waals surface area contributed by atoms with Crippen molar-refractivity contribution in [3.05, 3.63) is 0 Å². The van der Waals surface area contributed by atoms with Crippen molar-refractivity contribution in [1.82, 2.24) is 10.2 Å². The van der Waals surface area contributed by atoms with Crippen LogP contribution in [0.25, 0.3) is 0 Å². The highest BCUT2D eigenvalue weighted by molar-refractivity contribution is 8.00. The van der Waals surface area contributed by atoms with E-state index >= 15 is 0 Å². The summed E-state index contributed by atoms with van der Waals surface area (Å²) in [4.78, 5) is 2.75. The van der Waals surface area contributed by atoms with Crippen LogP contribution in [0, 0.1) is 5.92 Å². The molecule has 0 radical (unpaired) electrons. The molecule has 0 aromatic heterocycles. The first-order valence-corrected chi connectivity index (χ1v) is 9.49. The summed E-state index contributed by atoms with van der Waals surface area (Å²) >= 11 is 2.15. The minimum absolute atomic E-state index is 0.587. The smallest absolute Gasteiger partial charge is 0.0284 e. The zero-order valence-corrected chi connectivity index (χ0v) is 13.7. The predicted molar refractivity (Wildman–Crippen MR) is 87.0 cm³/mol. The van der Waals surface area contributed by atoms with E-state index < -0.39 is 0 Å². The Hall–Kier alpha value is 0.270. The number of rotatable bonds is 7. The van der Waals surface area contributed by atoms with Crippen LogP contribution in [0.15, 0.2) is 0 Å². The zero-order chi connectivity index (χ0) is 13.6. The standard InChI is InChI=1S/C16H32N2S/c1-3-10-17-12-15-7-11-18(13-15)14-16(19-2)8-5-4-6-9-16/h15,17H,3-14H2,1-2H3. The van der Waals surface area contributed by atoms with E-state index in [4.69, 9.17) is 0 Å². The van der Waals surface area contributed by atoms with Gasteiger partial charge >= 0.3 is 0 Å². The fourth-order valence-electron chi connectivity index (χ4n) is 3.74. The molecule has 19 heavy (non-hydrogen) atoms. The van der Waals surface area contributed by atoms with Gasteiger partial charge in [-0.15, -0.1) is 0 Å². The highest BCUT2D eigenvalue weighted by Gasteiger charge is 2.35. The normalized spacial score (nSPS) is 27.8. The van der Waals surface area contributed by atoms with E-state index in [1.807, 2.05) is 0 Å². The summed E-state index contributed by atoms with van der Waals surface area (Å²) in [7, 11) is 0. The van der Waals surface area contributed by atoms with Gasteiger partial charge in [-0.05, 0) is 57.5 Å². The molecule has 2 aliphatic rings. The Balaban J connectivity index is 1.74. The Morgan fingerprint density at radius 1 is 1.26 bits per heavy atom. The lowest BCUT2D eigenvalue weighted by molar-refractivity contribution is 0.251. The minimum atomic E-state index is 0.587. The molecule has 0 bridgehead atoms. The van der Waals surface area contributed by atoms with Crippen LogP contribution in [0.4, 0.5) is 0 Å². The highest BCUT2D eigenvalue weighted by Crippen LogP contribution is 2.39. The Bertz CT molecular complexity index is 251. The number of nitrogens with zero attached hydrogens (tertiary/aromatic N) is 1. The number of likely N-dealkylation sites (tertiary alicyclic amines) is 1. The summed E-state index contributed by atoms with van der Waals surface area (Å²) in [6, 6.07) is 0. The van der Waals surface area contributed by atoms with Gasteiger partial charge in [0.15, 0.2) is 0 Å². The lowest BCUT2D eigenvalue weighted by Gasteiger charge is -2.39. The summed E-state index contributed by atoms with van der Waals surface area (Å²) < 4.78 is 0.587. The van der Waals surface area contributed by atoms with Crippen molar-refractivity contribution in [2.45, 2.75) is 56.6 Å². The summed E-state index contributed by atoms with van der Waals surface area (Å²) in [5.74, 6) is 0.897. The Morgan fingerprint density at radius 3 is 2.74 bits per heavy atom. The van der Waals surface area contributed by atoms with Gasteiger partial charge in [-0.3, -0.25) is 0 Å². The molecule has 2 rings (SSSR count). The van der Waals surface area contributed by atoms with Crippen molar-refractivity contribution in [3.63, 3.8) is 0 Å². The molecule has 0 spiro atoms. The number of thioether (sulfide) groups is 1. The van der Waals surface area contributed by atoms with E-state index in [0.717, 1.165) is 5.92 Å². The average molecular weight is 285 g/mol. The molecule has 1 aliphatic heterocycles. The molecule has 2 fully saturated rings. The van der Waals surface area contributed by atoms with Crippen molar-refractivity contribution in [2.24, 2.45) is 5.92 Å². The van der Waals surface area contributed by atoms with Crippen LogP contribution >= 0.6 is 11.8 Å². The number of hydrogen-bond acceptors (Lipinski definition) is 3. The van der Waals surface area contributed by atoms with Crippen molar-refractivity contribution >= 4 is 11.8 Å². The van der Waals surface area contributed by atoms with Crippen LogP contribution in [-0.4, -0.2) is 48.6 Å². The molecule has 1 saturated carbocycles. The summed E-state index contributed by atoms with van der Waals surface area (Å²) in [6.07, 6.45) is 12.3. The summed E-state index contributed by atoms with van der Waals surface area (Å²) in [6.45, 7) is 8.68. The van der Waals surface area contributed by atoms with Crippen LogP contribution < -0.4 is 5.32 Å². The van der Waals surface area contributed by atoms with E-state index in [1.165, 1.54) is 77.7 Å². The van der Waals surface area contributed by atoms with Gasteiger partial charge in [0.1, 0.15) is 0 Å². The topological polar surface area (TPSA) is 15.3 Å². The van der Waals surface area contributed by atoms with Crippen LogP contribution in [0.3, 0.4) is 0 Å². The molecule has 0 aromatic rings. The van der Waals surface area contributed by atoms with Gasteiger partial charge in [-0.1, -0.05) is 26.2 Å². The maximum absolute atomic E-state index is 3.59. The predicted octanol–water partition coefficient (Wildman–Crippen LogP) is 3.37. The van der Waals surface area contributed by atoms with Gasteiger partial charge in [-0.25, -0.2) is 0 Å². The molecule has 3 heteroatoms. The molecule has 1 saturated heterocycles. The largest absolute Gasteiger partial charge is 0.316 e. The molecule has 0 amide bonds. The quantitative estimate of drug-likeness (QED) is 0.722. The first kappa shape index (κ1) is 15.7. The SMILES string of the molecule is CCCNCC1CCN(CC2(SC)CCCCC2)C1. The third-order valence-electron chi connectivity index (χ3n) is 4.94. The molecule has 1 unspecified atom stereocenters. The molecule has 1 N–H and O–H groups in total. The third-order valence-corrected chi connectivity index (χ3v) is 6.34. The summed E-state index contributed by atoms with van der Waals surface area (Å²) in [5.41, 5.74) is 0. The Labute approximate surface area is 124 Å². The first-order chi connectivity index (χ1) is 9.28. The van der Waals surface area contributed by atoms with Crippen LogP contribution in [0.5, 0.6) is 0 Å². The van der Waals surface area contributed by atoms with E-state index in [2.05, 4.69) is 35.2 Å². The molecule has 1 atom stereocenters. The van der Waals surface area contributed by atoms with E-state index in [9.17, 15) is 0 Å². The number of hydrogen-bond donors (Lipinski definition) is 1. The summed E-state index contributed by atoms with van der Waals surface area (Å²) in [5, 5.41) is 3.59. The molecule has 0 aromatic carbocycles. The fraction of sp³-hybridized carbons (Fsp3) is 1.00. The second kappa shape index (κ2) is 7.90. The van der Waals surface area contributed by atoms with Crippen LogP contribution in [-0.2, 0) is 0 Å². The highest BCUT2D eigenvalue weighted by atomic mass is 32.2. The second-order valence-electron chi connectivity index (χ2n) is 6.54. The van der Waals surface area contributed by atoms with Gasteiger partial charge in [0.25, 0.3) is 0 Å². The van der Waals surface area contributed by atoms with E-state index in [1.54, 1.807) is 0 Å². The van der Waals surface area contributed by atoms with Crippen LogP contribution in [0.2, 0.25) is 0 Å². The minimum Gasteiger partial charge on any atom is -0.316 e. The third kappa shape index (κ3) is 4.64. The lowest BCUT2D eigenvalue weighted by Crippen LogP contribution is -2.41. The van der Waals surface area contributed by atoms with Gasteiger partial charge in [0.05, 0.1) is 0 Å². The molecule has 1 aliphatic carbocycles. The molecule has 1 heterocycles. The van der Waals surface area contributed by atoms with Gasteiger partial charge in [-0.2, -0.15) is 11.8 Å². The molecule has 112 valence electrons. The van der Waals surface area contributed by atoms with E-state index in [0.29, 0.717) is 4.75 Å². The van der Waals surface area contributed by atoms with Gasteiger partial charge in [0, 0.05) is 17.8 Å². The van der Waals surface area contributed by atoms with Crippen molar-refractivity contribution in [2.75, 3.05) is 39.0 Å². The number of nitrogens with one attached hydrogen (secondary N) is 1. The second-order valence-corrected chi connectivity index (χ2v) is 7.82. The molecular weight excluding hydrogens is 252 g/mol. The average Bonchev–Trinajstić information content (AvgIpc) is 2.87. The lowest BCUT2D eigenvalue weighted by atomic mass is 9.88. The Morgan fingerprint density at radius 2 is 2.05 bits per heavy atom. The van der Waals surface area contributed by atoms with Crippen molar-refractivity contribution < 1.29 is 0 Å². The van der Waals surface area contributed by atoms with Gasteiger partial charge < -0.3 is 10.2 Å². The van der Waals surface area contributed by atoms with Crippen molar-refractivity contribution in [3.8, 4) is 0 Å². The Kier molecular flexibility index (Phi) is 6.51. The van der Waals surface area contributed by atoms with Crippen LogP contribution in [0.1, 0.15) is 51.9 Å². The zero-order valence-electron chi connectivity index (χ0n) is 12.9. The maximum atomic E-state index is 3.59.